The van der Waals surface area contributed by atoms with Gasteiger partial charge in [0.2, 0.25) is 0 Å². The molecule has 1 aromatic heterocycles. The summed E-state index contributed by atoms with van der Waals surface area (Å²) in [5.74, 6) is -1.37. The number of carbonyl (C=O) groups is 1. The number of nitrogens with zero attached hydrogens (tertiary/aromatic N) is 4. The lowest BCUT2D eigenvalue weighted by Crippen LogP contribution is -2.13. The van der Waals surface area contributed by atoms with Crippen LogP contribution in [-0.4, -0.2) is 31.3 Å². The zero-order valence-electron chi connectivity index (χ0n) is 9.16. The third kappa shape index (κ3) is 2.22. The zero-order valence-corrected chi connectivity index (χ0v) is 9.16. The molecule has 0 fully saturated rings. The number of carboxylic acids is 1. The fraction of sp³-hybridized carbons (Fsp3) is 0.200. The van der Waals surface area contributed by atoms with E-state index in [1.165, 1.54) is 4.68 Å². The number of aromatic carboxylic acids is 1. The van der Waals surface area contributed by atoms with Gasteiger partial charge >= 0.3 is 5.97 Å². The number of benzene rings is 1. The minimum atomic E-state index is -1.17. The number of hydrogen-bond acceptors (Lipinski definition) is 5. The van der Waals surface area contributed by atoms with E-state index >= 15 is 0 Å². The van der Waals surface area contributed by atoms with Crippen LogP contribution in [0, 0.1) is 6.92 Å². The van der Waals surface area contributed by atoms with Crippen molar-refractivity contribution in [1.29, 1.82) is 0 Å². The Morgan fingerprint density at radius 2 is 2.29 bits per heavy atom. The van der Waals surface area contributed by atoms with Gasteiger partial charge in [-0.1, -0.05) is 12.1 Å². The van der Waals surface area contributed by atoms with E-state index in [0.717, 1.165) is 11.1 Å². The Morgan fingerprint density at radius 1 is 1.53 bits per heavy atom. The van der Waals surface area contributed by atoms with Gasteiger partial charge in [-0.05, 0) is 34.5 Å². The number of aromatic nitrogens is 4. The van der Waals surface area contributed by atoms with Crippen molar-refractivity contribution in [3.8, 4) is 0 Å². The van der Waals surface area contributed by atoms with E-state index in [9.17, 15) is 4.79 Å². The third-order valence-electron chi connectivity index (χ3n) is 2.34. The highest BCUT2D eigenvalue weighted by Gasteiger charge is 2.14. The maximum absolute atomic E-state index is 10.8. The molecule has 3 N–H and O–H groups in total. The summed E-state index contributed by atoms with van der Waals surface area (Å²) in [7, 11) is 0. The van der Waals surface area contributed by atoms with Gasteiger partial charge in [-0.25, -0.2) is 9.48 Å². The second-order valence-corrected chi connectivity index (χ2v) is 3.67. The van der Waals surface area contributed by atoms with E-state index in [-0.39, 0.29) is 12.4 Å². The van der Waals surface area contributed by atoms with Crippen molar-refractivity contribution in [2.45, 2.75) is 13.5 Å². The smallest absolute Gasteiger partial charge is 0.375 e. The first kappa shape index (κ1) is 11.1. The summed E-state index contributed by atoms with van der Waals surface area (Å²) in [6, 6.07) is 5.55. The minimum absolute atomic E-state index is 0.204. The molecule has 0 radical (unpaired) electrons. The maximum atomic E-state index is 10.8. The highest BCUT2D eigenvalue weighted by atomic mass is 16.4. The first-order valence-corrected chi connectivity index (χ1v) is 4.92. The van der Waals surface area contributed by atoms with Crippen LogP contribution in [0.4, 0.5) is 5.69 Å². The van der Waals surface area contributed by atoms with Gasteiger partial charge in [0.05, 0.1) is 6.54 Å². The molecule has 7 nitrogen and oxygen atoms in total. The number of carboxylic acid groups (broad SMARTS) is 1. The molecule has 0 unspecified atom stereocenters. The lowest BCUT2D eigenvalue weighted by atomic mass is 10.1. The molecule has 0 bridgehead atoms. The molecular weight excluding hydrogens is 222 g/mol. The Labute approximate surface area is 96.9 Å². The summed E-state index contributed by atoms with van der Waals surface area (Å²) < 4.78 is 1.20. The standard InChI is InChI=1S/C10H11N5O2/c1-6-2-3-7(8(11)4-6)5-15-9(10(16)17)12-13-14-15/h2-4H,5,11H2,1H3,(H,16,17). The van der Waals surface area contributed by atoms with Crippen molar-refractivity contribution in [2.24, 2.45) is 0 Å². The Balaban J connectivity index is 2.31. The van der Waals surface area contributed by atoms with Crippen LogP contribution in [0.2, 0.25) is 0 Å². The molecule has 1 heterocycles. The molecule has 88 valence electrons. The third-order valence-corrected chi connectivity index (χ3v) is 2.34. The number of nitrogens with two attached hydrogens (primary N) is 1. The quantitative estimate of drug-likeness (QED) is 0.739. The fourth-order valence-electron chi connectivity index (χ4n) is 1.48. The molecule has 0 saturated heterocycles. The van der Waals surface area contributed by atoms with Crippen LogP contribution in [0.3, 0.4) is 0 Å². The number of aryl methyl sites for hydroxylation is 1. The average molecular weight is 233 g/mol. The Kier molecular flexibility index (Phi) is 2.73. The Morgan fingerprint density at radius 3 is 2.94 bits per heavy atom. The second-order valence-electron chi connectivity index (χ2n) is 3.67. The van der Waals surface area contributed by atoms with Crippen molar-refractivity contribution < 1.29 is 9.90 Å². The SMILES string of the molecule is Cc1ccc(Cn2nnnc2C(=O)O)c(N)c1. The highest BCUT2D eigenvalue weighted by molar-refractivity contribution is 5.83. The highest BCUT2D eigenvalue weighted by Crippen LogP contribution is 2.15. The Bertz CT molecular complexity index is 564. The lowest BCUT2D eigenvalue weighted by Gasteiger charge is -2.06. The molecule has 0 aliphatic carbocycles. The maximum Gasteiger partial charge on any atom is 0.375 e. The normalized spacial score (nSPS) is 10.4. The summed E-state index contributed by atoms with van der Waals surface area (Å²) >= 11 is 0. The van der Waals surface area contributed by atoms with Gasteiger partial charge in [0.25, 0.3) is 5.82 Å². The van der Waals surface area contributed by atoms with E-state index in [4.69, 9.17) is 10.8 Å². The molecule has 0 atom stereocenters. The molecule has 2 rings (SSSR count). The van der Waals surface area contributed by atoms with Crippen LogP contribution < -0.4 is 5.73 Å². The van der Waals surface area contributed by atoms with Crippen LogP contribution in [0.5, 0.6) is 0 Å². The first-order valence-electron chi connectivity index (χ1n) is 4.92. The molecule has 17 heavy (non-hydrogen) atoms. The molecule has 0 spiro atoms. The molecule has 0 aliphatic rings. The first-order chi connectivity index (χ1) is 8.08. The zero-order chi connectivity index (χ0) is 12.4. The molecule has 1 aromatic carbocycles. The monoisotopic (exact) mass is 233 g/mol. The van der Waals surface area contributed by atoms with Crippen LogP contribution in [0.15, 0.2) is 18.2 Å². The largest absolute Gasteiger partial charge is 0.475 e. The van der Waals surface area contributed by atoms with Crippen molar-refractivity contribution in [3.63, 3.8) is 0 Å². The molecule has 0 saturated carbocycles. The van der Waals surface area contributed by atoms with Gasteiger partial charge < -0.3 is 10.8 Å². The van der Waals surface area contributed by atoms with E-state index < -0.39 is 5.97 Å². The van der Waals surface area contributed by atoms with Gasteiger partial charge in [-0.2, -0.15) is 0 Å². The number of hydrogen-bond donors (Lipinski definition) is 2. The van der Waals surface area contributed by atoms with Gasteiger partial charge in [0.1, 0.15) is 0 Å². The summed E-state index contributed by atoms with van der Waals surface area (Å²) in [5, 5.41) is 19.2. The van der Waals surface area contributed by atoms with Crippen LogP contribution >= 0.6 is 0 Å². The van der Waals surface area contributed by atoms with E-state index in [1.807, 2.05) is 25.1 Å². The van der Waals surface area contributed by atoms with Crippen molar-refractivity contribution in [1.82, 2.24) is 20.2 Å². The minimum Gasteiger partial charge on any atom is -0.475 e. The van der Waals surface area contributed by atoms with E-state index in [0.29, 0.717) is 5.69 Å². The van der Waals surface area contributed by atoms with Gasteiger partial charge in [0, 0.05) is 5.69 Å². The summed E-state index contributed by atoms with van der Waals surface area (Å²) in [6.45, 7) is 2.17. The average Bonchev–Trinajstić information content (AvgIpc) is 2.70. The number of nitrogen functional groups attached to an aromatic ring is 1. The summed E-state index contributed by atoms with van der Waals surface area (Å²) in [6.07, 6.45) is 0. The van der Waals surface area contributed by atoms with E-state index in [2.05, 4.69) is 15.5 Å². The van der Waals surface area contributed by atoms with Crippen LogP contribution in [0.1, 0.15) is 21.7 Å². The van der Waals surface area contributed by atoms with Crippen molar-refractivity contribution in [2.75, 3.05) is 5.73 Å². The topological polar surface area (TPSA) is 107 Å². The molecule has 0 aliphatic heterocycles. The van der Waals surface area contributed by atoms with Crippen molar-refractivity contribution in [3.05, 3.63) is 35.2 Å². The number of tetrazole rings is 1. The second kappa shape index (κ2) is 4.20. The van der Waals surface area contributed by atoms with Gasteiger partial charge in [0.15, 0.2) is 0 Å². The molecule has 2 aromatic rings. The van der Waals surface area contributed by atoms with Crippen LogP contribution in [0.25, 0.3) is 0 Å². The summed E-state index contributed by atoms with van der Waals surface area (Å²) in [5.41, 5.74) is 8.25. The van der Waals surface area contributed by atoms with Gasteiger partial charge in [-0.15, -0.1) is 5.10 Å². The number of rotatable bonds is 3. The molecule has 0 amide bonds. The molecule has 7 heteroatoms. The molecular formula is C10H11N5O2. The predicted octanol–water partition coefficient (Wildman–Crippen LogP) is 0.310. The Hall–Kier alpha value is -2.44. The summed E-state index contributed by atoms with van der Waals surface area (Å²) in [4.78, 5) is 10.8. The van der Waals surface area contributed by atoms with Gasteiger partial charge in [-0.3, -0.25) is 0 Å². The van der Waals surface area contributed by atoms with Crippen LogP contribution in [-0.2, 0) is 6.54 Å². The predicted molar refractivity (Wildman–Crippen MR) is 59.5 cm³/mol. The van der Waals surface area contributed by atoms with E-state index in [1.54, 1.807) is 0 Å². The number of anilines is 1. The van der Waals surface area contributed by atoms with Crippen molar-refractivity contribution >= 4 is 11.7 Å². The fourth-order valence-corrected chi connectivity index (χ4v) is 1.48. The lowest BCUT2D eigenvalue weighted by molar-refractivity contribution is 0.0677.